The molecule has 0 aliphatic heterocycles. The number of rotatable bonds is 7. The van der Waals surface area contributed by atoms with Crippen LogP contribution >= 0.6 is 35.3 Å². The Morgan fingerprint density at radius 1 is 1.14 bits per heavy atom. The van der Waals surface area contributed by atoms with Crippen molar-refractivity contribution in [2.45, 2.75) is 17.8 Å². The van der Waals surface area contributed by atoms with Crippen LogP contribution in [0.3, 0.4) is 0 Å². The lowest BCUT2D eigenvalue weighted by atomic mass is 10.2. The number of H-pyrrole nitrogens is 1. The van der Waals surface area contributed by atoms with E-state index >= 15 is 0 Å². The van der Waals surface area contributed by atoms with Crippen LogP contribution in [0.2, 0.25) is 0 Å². The minimum atomic E-state index is -0.244. The van der Waals surface area contributed by atoms with Gasteiger partial charge in [-0.3, -0.25) is 9.36 Å². The highest BCUT2D eigenvalue weighted by molar-refractivity contribution is 7.98. The number of thiazole rings is 1. The number of methoxy groups -OCH3 is 2. The topological polar surface area (TPSA) is 108 Å². The van der Waals surface area contributed by atoms with E-state index in [9.17, 15) is 4.79 Å². The van der Waals surface area contributed by atoms with Crippen molar-refractivity contribution >= 4 is 45.7 Å². The number of fused-ring (bicyclic) bond motifs is 1. The largest absolute Gasteiger partial charge is 0.493 e. The Kier molecular flexibility index (Phi) is 6.41. The molecule has 0 atom stereocenters. The summed E-state index contributed by atoms with van der Waals surface area (Å²) in [5, 5.41) is 4.50. The molecule has 0 fully saturated rings. The van der Waals surface area contributed by atoms with Gasteiger partial charge in [0.15, 0.2) is 26.3 Å². The molecule has 3 aromatic heterocycles. The van der Waals surface area contributed by atoms with E-state index in [0.29, 0.717) is 54.0 Å². The van der Waals surface area contributed by atoms with E-state index in [2.05, 4.69) is 20.1 Å². The summed E-state index contributed by atoms with van der Waals surface area (Å²) in [6.07, 6.45) is 0. The molecule has 0 radical (unpaired) electrons. The molecule has 0 amide bonds. The lowest BCUT2D eigenvalue weighted by molar-refractivity contribution is 0.355. The number of ether oxygens (including phenoxy) is 2. The van der Waals surface area contributed by atoms with E-state index in [0.717, 1.165) is 11.3 Å². The average Bonchev–Trinajstić information content (AvgIpc) is 3.47. The highest BCUT2D eigenvalue weighted by Gasteiger charge is 2.18. The second-order valence-corrected chi connectivity index (χ2v) is 10.0. The number of hydrogen-bond acceptors (Lipinski definition) is 10. The predicted octanol–water partition coefficient (Wildman–Crippen LogP) is 5.17. The molecule has 0 aliphatic rings. The fourth-order valence-electron chi connectivity index (χ4n) is 3.50. The highest BCUT2D eigenvalue weighted by atomic mass is 32.2. The molecule has 2 aromatic carbocycles. The normalized spacial score (nSPS) is 11.2. The van der Waals surface area contributed by atoms with Crippen LogP contribution in [0, 0.1) is 10.9 Å². The molecule has 178 valence electrons. The molecule has 0 bridgehead atoms. The summed E-state index contributed by atoms with van der Waals surface area (Å²) in [7, 11) is 3.12. The quantitative estimate of drug-likeness (QED) is 0.175. The summed E-state index contributed by atoms with van der Waals surface area (Å²) in [6, 6.07) is 13.3. The van der Waals surface area contributed by atoms with Crippen LogP contribution in [0.4, 0.5) is 0 Å². The van der Waals surface area contributed by atoms with E-state index in [1.807, 2.05) is 47.9 Å². The summed E-state index contributed by atoms with van der Waals surface area (Å²) >= 11 is 8.05. The first-order valence-corrected chi connectivity index (χ1v) is 12.6. The molecular formula is C23H19N5O4S3. The zero-order valence-electron chi connectivity index (χ0n) is 18.9. The van der Waals surface area contributed by atoms with Gasteiger partial charge in [0.25, 0.3) is 5.56 Å². The number of aromatic amines is 1. The van der Waals surface area contributed by atoms with E-state index < -0.39 is 0 Å². The van der Waals surface area contributed by atoms with Gasteiger partial charge in [0.1, 0.15) is 4.70 Å². The number of nitrogens with one attached hydrogen (secondary N) is 1. The maximum atomic E-state index is 12.7. The highest BCUT2D eigenvalue weighted by Crippen LogP contribution is 2.36. The lowest BCUT2D eigenvalue weighted by Crippen LogP contribution is -2.09. The van der Waals surface area contributed by atoms with Crippen LogP contribution in [-0.2, 0) is 5.75 Å². The van der Waals surface area contributed by atoms with Gasteiger partial charge >= 0.3 is 0 Å². The van der Waals surface area contributed by atoms with Gasteiger partial charge in [0, 0.05) is 5.69 Å². The zero-order valence-corrected chi connectivity index (χ0v) is 21.3. The minimum absolute atomic E-state index is 0.244. The van der Waals surface area contributed by atoms with Crippen LogP contribution in [0.5, 0.6) is 11.5 Å². The molecular weight excluding hydrogens is 506 g/mol. The smallest absolute Gasteiger partial charge is 0.271 e. The summed E-state index contributed by atoms with van der Waals surface area (Å²) in [4.78, 5) is 24.7. The molecule has 0 unspecified atom stereocenters. The molecule has 12 heteroatoms. The number of aryl methyl sites for hydroxylation is 1. The first-order valence-electron chi connectivity index (χ1n) is 10.4. The first kappa shape index (κ1) is 23.3. The second-order valence-electron chi connectivity index (χ2n) is 7.40. The predicted molar refractivity (Wildman–Crippen MR) is 138 cm³/mol. The summed E-state index contributed by atoms with van der Waals surface area (Å²) in [5.74, 6) is 2.14. The van der Waals surface area contributed by atoms with Crippen LogP contribution < -0.4 is 15.0 Å². The van der Waals surface area contributed by atoms with Gasteiger partial charge in [-0.2, -0.15) is 4.98 Å². The Bertz CT molecular complexity index is 1640. The van der Waals surface area contributed by atoms with Crippen LogP contribution in [0.1, 0.15) is 11.5 Å². The van der Waals surface area contributed by atoms with Crippen molar-refractivity contribution < 1.29 is 14.0 Å². The summed E-state index contributed by atoms with van der Waals surface area (Å²) in [5.41, 5.74) is 2.91. The SMILES string of the molecule is COc1cccc(-c2noc(CSc3nc4c(sc(=S)n4-c4ccc(C)cc4)c(=O)[nH]3)n2)c1OC. The monoisotopic (exact) mass is 525 g/mol. The molecule has 3 heterocycles. The lowest BCUT2D eigenvalue weighted by Gasteiger charge is -2.09. The van der Waals surface area contributed by atoms with Gasteiger partial charge in [-0.1, -0.05) is 52.0 Å². The Labute approximate surface area is 212 Å². The molecule has 35 heavy (non-hydrogen) atoms. The molecule has 0 spiro atoms. The van der Waals surface area contributed by atoms with Gasteiger partial charge in [0.05, 0.1) is 25.5 Å². The summed E-state index contributed by atoms with van der Waals surface area (Å²) in [6.45, 7) is 2.01. The fraction of sp³-hybridized carbons (Fsp3) is 0.174. The van der Waals surface area contributed by atoms with Gasteiger partial charge in [0.2, 0.25) is 11.7 Å². The fourth-order valence-corrected chi connectivity index (χ4v) is 5.46. The van der Waals surface area contributed by atoms with Gasteiger partial charge in [-0.05, 0) is 43.4 Å². The average molecular weight is 526 g/mol. The standard InChI is InChI=1S/C23H19N5O4S3/c1-12-7-9-13(10-8-12)28-20-18(35-23(28)33)21(29)26-22(25-20)34-11-16-24-19(27-32-16)14-5-4-6-15(30-2)17(14)31-3/h4-10H,11H2,1-3H3,(H,25,26,29). The Morgan fingerprint density at radius 2 is 1.94 bits per heavy atom. The van der Waals surface area contributed by atoms with Gasteiger partial charge in [-0.15, -0.1) is 0 Å². The van der Waals surface area contributed by atoms with E-state index in [1.54, 1.807) is 20.3 Å². The number of benzene rings is 2. The maximum absolute atomic E-state index is 12.7. The zero-order chi connectivity index (χ0) is 24.5. The Hall–Kier alpha value is -3.48. The maximum Gasteiger partial charge on any atom is 0.271 e. The van der Waals surface area contributed by atoms with E-state index in [-0.39, 0.29) is 5.56 Å². The van der Waals surface area contributed by atoms with Crippen LogP contribution in [0.25, 0.3) is 27.4 Å². The van der Waals surface area contributed by atoms with Crippen molar-refractivity contribution in [1.82, 2.24) is 24.7 Å². The van der Waals surface area contributed by atoms with Crippen LogP contribution in [-0.4, -0.2) is 38.9 Å². The van der Waals surface area contributed by atoms with Crippen molar-refractivity contribution in [3.63, 3.8) is 0 Å². The van der Waals surface area contributed by atoms with Crippen molar-refractivity contribution in [1.29, 1.82) is 0 Å². The van der Waals surface area contributed by atoms with Crippen molar-refractivity contribution in [3.05, 3.63) is 68.2 Å². The molecule has 0 saturated carbocycles. The third-order valence-corrected chi connectivity index (χ3v) is 7.38. The number of hydrogen-bond donors (Lipinski definition) is 1. The van der Waals surface area contributed by atoms with E-state index in [4.69, 9.17) is 26.2 Å². The first-order chi connectivity index (χ1) is 17.0. The molecule has 1 N–H and O–H groups in total. The Balaban J connectivity index is 1.43. The number of para-hydroxylation sites is 1. The van der Waals surface area contributed by atoms with Gasteiger partial charge in [-0.25, -0.2) is 4.98 Å². The molecule has 0 aliphatic carbocycles. The third kappa shape index (κ3) is 4.47. The second kappa shape index (κ2) is 9.64. The molecule has 9 nitrogen and oxygen atoms in total. The number of aromatic nitrogens is 5. The third-order valence-electron chi connectivity index (χ3n) is 5.16. The number of thioether (sulfide) groups is 1. The Morgan fingerprint density at radius 3 is 2.69 bits per heavy atom. The minimum Gasteiger partial charge on any atom is -0.493 e. The molecule has 5 aromatic rings. The van der Waals surface area contributed by atoms with Crippen LogP contribution in [0.15, 0.2) is 56.9 Å². The molecule has 5 rings (SSSR count). The van der Waals surface area contributed by atoms with Gasteiger partial charge < -0.3 is 19.0 Å². The molecule has 0 saturated heterocycles. The van der Waals surface area contributed by atoms with Crippen molar-refractivity contribution in [2.75, 3.05) is 14.2 Å². The van der Waals surface area contributed by atoms with Crippen molar-refractivity contribution in [3.8, 4) is 28.6 Å². The number of nitrogens with zero attached hydrogens (tertiary/aromatic N) is 4. The van der Waals surface area contributed by atoms with Crippen molar-refractivity contribution in [2.24, 2.45) is 0 Å². The van der Waals surface area contributed by atoms with E-state index in [1.165, 1.54) is 23.1 Å². The summed E-state index contributed by atoms with van der Waals surface area (Å²) < 4.78 is 19.1.